The lowest BCUT2D eigenvalue weighted by molar-refractivity contribution is 0.0926. The zero-order valence-electron chi connectivity index (χ0n) is 15.5. The third-order valence-corrected chi connectivity index (χ3v) is 6.95. The van der Waals surface area contributed by atoms with Crippen LogP contribution in [0.3, 0.4) is 0 Å². The predicted molar refractivity (Wildman–Crippen MR) is 104 cm³/mol. The maximum Gasteiger partial charge on any atom is 0.251 e. The number of benzene rings is 1. The molecule has 0 spiro atoms. The highest BCUT2D eigenvalue weighted by atomic mass is 35.5. The van der Waals surface area contributed by atoms with Gasteiger partial charge in [-0.3, -0.25) is 4.79 Å². The molecule has 142 valence electrons. The number of halogens is 1. The van der Waals surface area contributed by atoms with E-state index in [2.05, 4.69) is 27.0 Å². The van der Waals surface area contributed by atoms with E-state index < -0.39 is 0 Å². The van der Waals surface area contributed by atoms with Crippen molar-refractivity contribution in [2.75, 3.05) is 0 Å². The zero-order chi connectivity index (χ0) is 18.5. The van der Waals surface area contributed by atoms with Gasteiger partial charge in [0, 0.05) is 22.5 Å². The Hall–Kier alpha value is -1.88. The fraction of sp³-hybridized carbons (Fsp3) is 0.571. The van der Waals surface area contributed by atoms with E-state index in [9.17, 15) is 4.79 Å². The molecule has 1 N–H and O–H groups in total. The summed E-state index contributed by atoms with van der Waals surface area (Å²) < 4.78 is 2.20. The minimum Gasteiger partial charge on any atom is -0.349 e. The molecule has 3 fully saturated rings. The van der Waals surface area contributed by atoms with Crippen LogP contribution in [0.5, 0.6) is 0 Å². The summed E-state index contributed by atoms with van der Waals surface area (Å²) in [6, 6.07) is 7.87. The Morgan fingerprint density at radius 3 is 2.59 bits per heavy atom. The number of carbonyl (C=O) groups excluding carboxylic acids is 1. The number of carbonyl (C=O) groups is 1. The Bertz CT molecular complexity index is 832. The van der Waals surface area contributed by atoms with E-state index in [1.807, 2.05) is 0 Å². The molecule has 5 atom stereocenters. The number of rotatable bonds is 6. The lowest BCUT2D eigenvalue weighted by Gasteiger charge is -2.22. The Morgan fingerprint density at radius 2 is 1.96 bits per heavy atom. The fourth-order valence-corrected chi connectivity index (χ4v) is 5.28. The summed E-state index contributed by atoms with van der Waals surface area (Å²) in [6.07, 6.45) is 7.55. The topological polar surface area (TPSA) is 59.8 Å². The molecule has 1 aromatic carbocycles. The summed E-state index contributed by atoms with van der Waals surface area (Å²) in [7, 11) is 0. The second kappa shape index (κ2) is 6.62. The van der Waals surface area contributed by atoms with Gasteiger partial charge in [0.25, 0.3) is 5.91 Å². The van der Waals surface area contributed by atoms with E-state index in [0.29, 0.717) is 40.3 Å². The van der Waals surface area contributed by atoms with Gasteiger partial charge in [-0.15, -0.1) is 0 Å². The van der Waals surface area contributed by atoms with Crippen molar-refractivity contribution in [1.29, 1.82) is 0 Å². The standard InChI is InChI=1S/C21H25ClN4O/c1-2-18(25-21(27)13-5-7-14(22)8-6-13)19-16-9-15(10-17(16)19)26-20(12-3-4-12)23-11-24-26/h5-8,11-12,15-19H,2-4,9-10H2,1H3,(H,25,27)/t15-,16-,17+,18?,19+. The monoisotopic (exact) mass is 384 g/mol. The molecule has 3 aliphatic carbocycles. The molecule has 6 heteroatoms. The quantitative estimate of drug-likeness (QED) is 0.811. The largest absolute Gasteiger partial charge is 0.349 e. The predicted octanol–water partition coefficient (Wildman–Crippen LogP) is 4.21. The van der Waals surface area contributed by atoms with Gasteiger partial charge in [-0.05, 0) is 74.1 Å². The molecule has 5 nitrogen and oxygen atoms in total. The number of nitrogens with zero attached hydrogens (tertiary/aromatic N) is 3. The van der Waals surface area contributed by atoms with Gasteiger partial charge in [0.05, 0.1) is 6.04 Å². The van der Waals surface area contributed by atoms with Crippen LogP contribution in [0.2, 0.25) is 5.02 Å². The molecule has 0 saturated heterocycles. The summed E-state index contributed by atoms with van der Waals surface area (Å²) in [5, 5.41) is 8.44. The van der Waals surface area contributed by atoms with Crippen LogP contribution in [0.1, 0.15) is 67.2 Å². The molecule has 1 unspecified atom stereocenters. The van der Waals surface area contributed by atoms with Crippen LogP contribution in [0, 0.1) is 17.8 Å². The molecule has 1 amide bonds. The summed E-state index contributed by atoms with van der Waals surface area (Å²) >= 11 is 5.92. The number of amides is 1. The average molecular weight is 385 g/mol. The highest BCUT2D eigenvalue weighted by Crippen LogP contribution is 2.62. The number of aromatic nitrogens is 3. The second-order valence-corrected chi connectivity index (χ2v) is 8.80. The molecule has 5 rings (SSSR count). The Morgan fingerprint density at radius 1 is 1.26 bits per heavy atom. The van der Waals surface area contributed by atoms with Crippen LogP contribution < -0.4 is 5.32 Å². The number of nitrogens with one attached hydrogen (secondary N) is 1. The number of hydrogen-bond acceptors (Lipinski definition) is 3. The van der Waals surface area contributed by atoms with Gasteiger partial charge in [-0.2, -0.15) is 5.10 Å². The fourth-order valence-electron chi connectivity index (χ4n) is 5.16. The third kappa shape index (κ3) is 3.16. The van der Waals surface area contributed by atoms with Gasteiger partial charge in [0.2, 0.25) is 0 Å². The maximum atomic E-state index is 12.6. The maximum absolute atomic E-state index is 12.6. The van der Waals surface area contributed by atoms with Crippen molar-refractivity contribution in [2.45, 2.75) is 57.0 Å². The van der Waals surface area contributed by atoms with Crippen LogP contribution in [0.15, 0.2) is 30.6 Å². The minimum absolute atomic E-state index is 0.00679. The first-order valence-electron chi connectivity index (χ1n) is 10.1. The first-order chi connectivity index (χ1) is 13.2. The average Bonchev–Trinajstić information content (AvgIpc) is 3.53. The first-order valence-corrected chi connectivity index (χ1v) is 10.5. The highest BCUT2D eigenvalue weighted by molar-refractivity contribution is 6.30. The Balaban J connectivity index is 1.21. The van der Waals surface area contributed by atoms with Gasteiger partial charge >= 0.3 is 0 Å². The lowest BCUT2D eigenvalue weighted by atomic mass is 9.99. The molecule has 1 aromatic heterocycles. The van der Waals surface area contributed by atoms with Crippen molar-refractivity contribution < 1.29 is 4.79 Å². The number of hydrogen-bond donors (Lipinski definition) is 1. The van der Waals surface area contributed by atoms with Crippen LogP contribution in [-0.2, 0) is 0 Å². The van der Waals surface area contributed by atoms with E-state index >= 15 is 0 Å². The van der Waals surface area contributed by atoms with Crippen molar-refractivity contribution in [3.8, 4) is 0 Å². The van der Waals surface area contributed by atoms with E-state index in [-0.39, 0.29) is 11.9 Å². The molecule has 0 radical (unpaired) electrons. The third-order valence-electron chi connectivity index (χ3n) is 6.70. The second-order valence-electron chi connectivity index (χ2n) is 8.36. The summed E-state index contributed by atoms with van der Waals surface area (Å²) in [5.74, 6) is 3.87. The molecule has 1 heterocycles. The summed E-state index contributed by atoms with van der Waals surface area (Å²) in [6.45, 7) is 2.17. The molecule has 0 bridgehead atoms. The molecular formula is C21H25ClN4O. The lowest BCUT2D eigenvalue weighted by Crippen LogP contribution is -2.37. The van der Waals surface area contributed by atoms with Crippen molar-refractivity contribution in [3.63, 3.8) is 0 Å². The van der Waals surface area contributed by atoms with E-state index in [1.165, 1.54) is 31.5 Å². The van der Waals surface area contributed by atoms with Crippen molar-refractivity contribution >= 4 is 17.5 Å². The molecule has 27 heavy (non-hydrogen) atoms. The number of fused-ring (bicyclic) bond motifs is 1. The highest BCUT2D eigenvalue weighted by Gasteiger charge is 2.59. The van der Waals surface area contributed by atoms with E-state index in [1.54, 1.807) is 30.6 Å². The summed E-state index contributed by atoms with van der Waals surface area (Å²) in [4.78, 5) is 17.1. The van der Waals surface area contributed by atoms with Crippen molar-refractivity contribution in [3.05, 3.63) is 47.0 Å². The minimum atomic E-state index is 0.00679. The van der Waals surface area contributed by atoms with Crippen molar-refractivity contribution in [2.24, 2.45) is 17.8 Å². The molecule has 3 saturated carbocycles. The molecular weight excluding hydrogens is 360 g/mol. The van der Waals surface area contributed by atoms with Crippen LogP contribution in [0.4, 0.5) is 0 Å². The van der Waals surface area contributed by atoms with Crippen molar-refractivity contribution in [1.82, 2.24) is 20.1 Å². The summed E-state index contributed by atoms with van der Waals surface area (Å²) in [5.41, 5.74) is 0.679. The van der Waals surface area contributed by atoms with Crippen LogP contribution in [0.25, 0.3) is 0 Å². The molecule has 3 aliphatic rings. The first kappa shape index (κ1) is 17.2. The SMILES string of the molecule is CCC(NC(=O)c1ccc(Cl)cc1)[C@H]1[C@@H]2C[C@@H](n3ncnc3C3CC3)C[C@@H]21. The molecule has 0 aliphatic heterocycles. The van der Waals surface area contributed by atoms with E-state index in [0.717, 1.165) is 6.42 Å². The molecule has 2 aromatic rings. The Kier molecular flexibility index (Phi) is 4.23. The van der Waals surface area contributed by atoms with E-state index in [4.69, 9.17) is 11.6 Å². The van der Waals surface area contributed by atoms with Gasteiger partial charge < -0.3 is 5.32 Å². The Labute approximate surface area is 164 Å². The van der Waals surface area contributed by atoms with Gasteiger partial charge in [0.15, 0.2) is 0 Å². The van der Waals surface area contributed by atoms with Gasteiger partial charge in [-0.1, -0.05) is 18.5 Å². The van der Waals surface area contributed by atoms with Crippen LogP contribution >= 0.6 is 11.6 Å². The normalized spacial score (nSPS) is 30.0. The van der Waals surface area contributed by atoms with Gasteiger partial charge in [0.1, 0.15) is 12.2 Å². The van der Waals surface area contributed by atoms with Crippen LogP contribution in [-0.4, -0.2) is 26.7 Å². The zero-order valence-corrected chi connectivity index (χ0v) is 16.3. The van der Waals surface area contributed by atoms with Gasteiger partial charge in [-0.25, -0.2) is 9.67 Å². The smallest absolute Gasteiger partial charge is 0.251 e.